The van der Waals surface area contributed by atoms with Crippen LogP contribution in [0.4, 0.5) is 11.4 Å². The van der Waals surface area contributed by atoms with Gasteiger partial charge in [-0.05, 0) is 66.4 Å². The second-order valence-corrected chi connectivity index (χ2v) is 8.96. The molecule has 4 nitrogen and oxygen atoms in total. The summed E-state index contributed by atoms with van der Waals surface area (Å²) in [6.45, 7) is 8.75. The number of terminal acetylenes is 2. The Morgan fingerprint density at radius 1 is 0.825 bits per heavy atom. The highest BCUT2D eigenvalue weighted by atomic mass is 16.5. The number of rotatable bonds is 5. The minimum absolute atomic E-state index is 0.349. The number of hydrogen-bond acceptors (Lipinski definition) is 4. The van der Waals surface area contributed by atoms with Gasteiger partial charge in [0.15, 0.2) is 6.73 Å². The number of nitrogens with two attached hydrogens (primary N) is 1. The summed E-state index contributed by atoms with van der Waals surface area (Å²) in [4.78, 5) is 2.18. The Balaban J connectivity index is 0.000000193. The van der Waals surface area contributed by atoms with Gasteiger partial charge in [-0.2, -0.15) is 0 Å². The van der Waals surface area contributed by atoms with Gasteiger partial charge in [-0.1, -0.05) is 72.5 Å². The number of fused-ring (bicyclic) bond motifs is 1. The van der Waals surface area contributed by atoms with E-state index < -0.39 is 0 Å². The number of aromatic hydroxyl groups is 1. The number of hydrogen-bond donors (Lipinski definition) is 2. The molecule has 5 rings (SSSR count). The number of phenolic OH excluding ortho intramolecular Hbond substituents is 1. The van der Waals surface area contributed by atoms with E-state index in [-0.39, 0.29) is 0 Å². The van der Waals surface area contributed by atoms with Crippen LogP contribution in [-0.4, -0.2) is 11.8 Å². The Kier molecular flexibility index (Phi) is 11.1. The molecule has 4 heteroatoms. The minimum atomic E-state index is 0.349. The number of ether oxygens (including phenoxy) is 1. The molecule has 0 saturated heterocycles. The lowest BCUT2D eigenvalue weighted by molar-refractivity contribution is 0.287. The van der Waals surface area contributed by atoms with Crippen LogP contribution in [0.1, 0.15) is 27.8 Å². The maximum atomic E-state index is 9.19. The lowest BCUT2D eigenvalue weighted by Crippen LogP contribution is -2.32. The van der Waals surface area contributed by atoms with Crippen LogP contribution >= 0.6 is 0 Å². The fourth-order valence-electron chi connectivity index (χ4n) is 4.08. The van der Waals surface area contributed by atoms with Crippen LogP contribution in [0.3, 0.4) is 0 Å². The molecule has 3 N–H and O–H groups in total. The van der Waals surface area contributed by atoms with Crippen molar-refractivity contribution in [3.63, 3.8) is 0 Å². The number of allylic oxidation sites excluding steroid dienone is 2. The molecule has 1 heterocycles. The van der Waals surface area contributed by atoms with Gasteiger partial charge in [0.2, 0.25) is 0 Å². The van der Waals surface area contributed by atoms with Gasteiger partial charge < -0.3 is 20.5 Å². The molecule has 0 amide bonds. The van der Waals surface area contributed by atoms with Crippen LogP contribution in [-0.2, 0) is 19.4 Å². The van der Waals surface area contributed by atoms with E-state index in [1.54, 1.807) is 24.3 Å². The quantitative estimate of drug-likeness (QED) is 0.165. The van der Waals surface area contributed by atoms with Gasteiger partial charge in [0, 0.05) is 34.6 Å². The molecule has 0 atom stereocenters. The van der Waals surface area contributed by atoms with Crippen molar-refractivity contribution in [3.8, 4) is 36.2 Å². The molecule has 0 bridgehead atoms. The lowest BCUT2D eigenvalue weighted by atomic mass is 10.0. The molecule has 0 aromatic heterocycles. The molecule has 0 unspecified atom stereocenters. The van der Waals surface area contributed by atoms with E-state index in [0.717, 1.165) is 47.5 Å². The first-order valence-electron chi connectivity index (χ1n) is 12.8. The van der Waals surface area contributed by atoms with Gasteiger partial charge in [-0.3, -0.25) is 0 Å². The lowest BCUT2D eigenvalue weighted by Gasteiger charge is -2.32. The van der Waals surface area contributed by atoms with E-state index in [1.807, 2.05) is 54.6 Å². The third-order valence-corrected chi connectivity index (χ3v) is 6.06. The van der Waals surface area contributed by atoms with Crippen LogP contribution in [0.15, 0.2) is 116 Å². The molecule has 0 radical (unpaired) electrons. The third-order valence-electron chi connectivity index (χ3n) is 6.06. The van der Waals surface area contributed by atoms with Crippen molar-refractivity contribution in [2.75, 3.05) is 17.4 Å². The normalized spacial score (nSPS) is 11.0. The van der Waals surface area contributed by atoms with Crippen LogP contribution in [0.2, 0.25) is 0 Å². The van der Waals surface area contributed by atoms with Gasteiger partial charge in [-0.15, -0.1) is 26.0 Å². The molecule has 200 valence electrons. The standard InChI is InChI=1S/C19H17NO.C9H10O.C8H7N/c1-3-7-16-9-6-10-17-13-20(14-21-19(16)17)18-11-5-8-15(4-2)12-18;1-2-5-8-6-3-4-7-9(8)10;1-2-7-4-3-5-8(9)6-7/h2-3,5-6,8-12H,1,7,13-14H2;2-4,6-7,10H,1,5H2;1,3-6H,9H2. The summed E-state index contributed by atoms with van der Waals surface area (Å²) in [5, 5.41) is 9.19. The van der Waals surface area contributed by atoms with Crippen molar-refractivity contribution < 1.29 is 9.84 Å². The number of nitrogen functional groups attached to an aromatic ring is 1. The van der Waals surface area contributed by atoms with Crippen molar-refractivity contribution in [3.05, 3.63) is 144 Å². The number of anilines is 2. The maximum absolute atomic E-state index is 9.19. The summed E-state index contributed by atoms with van der Waals surface area (Å²) in [6.07, 6.45) is 15.8. The van der Waals surface area contributed by atoms with E-state index in [0.29, 0.717) is 18.2 Å². The van der Waals surface area contributed by atoms with Gasteiger partial charge >= 0.3 is 0 Å². The molecule has 1 aliphatic rings. The smallest absolute Gasteiger partial charge is 0.161 e. The maximum Gasteiger partial charge on any atom is 0.161 e. The fraction of sp³-hybridized carbons (Fsp3) is 0.111. The predicted molar refractivity (Wildman–Crippen MR) is 167 cm³/mol. The summed E-state index contributed by atoms with van der Waals surface area (Å²) >= 11 is 0. The second-order valence-electron chi connectivity index (χ2n) is 8.96. The number of benzene rings is 4. The third kappa shape index (κ3) is 8.35. The summed E-state index contributed by atoms with van der Waals surface area (Å²) in [6, 6.07) is 28.8. The molecule has 1 aliphatic heterocycles. The highest BCUT2D eigenvalue weighted by molar-refractivity contribution is 5.55. The fourth-order valence-corrected chi connectivity index (χ4v) is 4.08. The van der Waals surface area contributed by atoms with E-state index in [4.69, 9.17) is 23.3 Å². The van der Waals surface area contributed by atoms with Gasteiger partial charge in [-0.25, -0.2) is 0 Å². The molecule has 40 heavy (non-hydrogen) atoms. The molecule has 0 spiro atoms. The zero-order valence-corrected chi connectivity index (χ0v) is 22.6. The van der Waals surface area contributed by atoms with E-state index in [2.05, 4.69) is 54.2 Å². The Morgan fingerprint density at radius 2 is 1.45 bits per heavy atom. The predicted octanol–water partition coefficient (Wildman–Crippen LogP) is 7.12. The van der Waals surface area contributed by atoms with Crippen molar-refractivity contribution in [1.82, 2.24) is 0 Å². The molecule has 4 aromatic carbocycles. The Morgan fingerprint density at radius 3 is 2.10 bits per heavy atom. The monoisotopic (exact) mass is 526 g/mol. The molecule has 0 aliphatic carbocycles. The number of nitrogens with zero attached hydrogens (tertiary/aromatic N) is 1. The first-order chi connectivity index (χ1) is 19.5. The SMILES string of the molecule is C#Cc1cccc(N)c1.C#Cc1cccc(N2COc3c(CC=C)cccc3C2)c1.C=CCc1ccccc1O. The van der Waals surface area contributed by atoms with Crippen molar-refractivity contribution in [2.24, 2.45) is 0 Å². The largest absolute Gasteiger partial charge is 0.508 e. The number of phenols is 1. The Bertz CT molecular complexity index is 1520. The van der Waals surface area contributed by atoms with Crippen LogP contribution < -0.4 is 15.4 Å². The Labute approximate surface area is 238 Å². The zero-order valence-electron chi connectivity index (χ0n) is 22.6. The van der Waals surface area contributed by atoms with Crippen molar-refractivity contribution in [1.29, 1.82) is 0 Å². The molecular formula is C36H34N2O2. The number of para-hydroxylation sites is 2. The molecule has 0 fully saturated rings. The molecule has 4 aromatic rings. The van der Waals surface area contributed by atoms with E-state index in [1.165, 1.54) is 11.1 Å². The summed E-state index contributed by atoms with van der Waals surface area (Å²) in [5.41, 5.74) is 12.3. The Hall–Kier alpha value is -5.32. The van der Waals surface area contributed by atoms with Crippen molar-refractivity contribution >= 4 is 11.4 Å². The summed E-state index contributed by atoms with van der Waals surface area (Å²) in [7, 11) is 0. The van der Waals surface area contributed by atoms with Crippen LogP contribution in [0.5, 0.6) is 11.5 Å². The second kappa shape index (κ2) is 15.2. The van der Waals surface area contributed by atoms with Crippen molar-refractivity contribution in [2.45, 2.75) is 19.4 Å². The summed E-state index contributed by atoms with van der Waals surface area (Å²) < 4.78 is 5.97. The highest BCUT2D eigenvalue weighted by Crippen LogP contribution is 2.32. The van der Waals surface area contributed by atoms with E-state index in [9.17, 15) is 5.11 Å². The average molecular weight is 527 g/mol. The first-order valence-corrected chi connectivity index (χ1v) is 12.8. The zero-order chi connectivity index (χ0) is 28.7. The van der Waals surface area contributed by atoms with Gasteiger partial charge in [0.1, 0.15) is 11.5 Å². The highest BCUT2D eigenvalue weighted by Gasteiger charge is 2.19. The molecular weight excluding hydrogens is 492 g/mol. The average Bonchev–Trinajstić information content (AvgIpc) is 2.99. The molecule has 0 saturated carbocycles. The van der Waals surface area contributed by atoms with Crippen LogP contribution in [0, 0.1) is 24.7 Å². The topological polar surface area (TPSA) is 58.7 Å². The van der Waals surface area contributed by atoms with Gasteiger partial charge in [0.25, 0.3) is 0 Å². The van der Waals surface area contributed by atoms with E-state index >= 15 is 0 Å². The first kappa shape index (κ1) is 29.2. The summed E-state index contributed by atoms with van der Waals surface area (Å²) in [5.74, 6) is 6.51. The van der Waals surface area contributed by atoms with Gasteiger partial charge in [0.05, 0.1) is 0 Å². The van der Waals surface area contributed by atoms with Crippen LogP contribution in [0.25, 0.3) is 0 Å². The minimum Gasteiger partial charge on any atom is -0.508 e.